The average Bonchev–Trinajstić information content (AvgIpc) is 2.32. The molecule has 0 aromatic carbocycles. The molecule has 7 heteroatoms. The minimum absolute atomic E-state index is 0.838. The Bertz CT molecular complexity index is 275. The van der Waals surface area contributed by atoms with Crippen molar-refractivity contribution in [2.24, 2.45) is 0 Å². The monoisotopic (exact) mass is 234 g/mol. The molecule has 7 nitrogen and oxygen atoms in total. The molecule has 0 aromatic rings. The summed E-state index contributed by atoms with van der Waals surface area (Å²) < 4.78 is 0. The molecule has 0 aliphatic carbocycles. The molecule has 92 valence electrons. The van der Waals surface area contributed by atoms with Gasteiger partial charge in [0.25, 0.3) is 0 Å². The maximum absolute atomic E-state index is 11.1. The van der Waals surface area contributed by atoms with Gasteiger partial charge >= 0.3 is 0 Å². The van der Waals surface area contributed by atoms with Crippen LogP contribution in [0.2, 0.25) is 0 Å². The maximum Gasteiger partial charge on any atom is 0.232 e. The van der Waals surface area contributed by atoms with E-state index >= 15 is 0 Å². The van der Waals surface area contributed by atoms with Crippen molar-refractivity contribution in [3.05, 3.63) is 12.7 Å². The number of Topliss-reactive ketones (excluding diaryl/α,β-unsaturated/α-hetero) is 2. The van der Waals surface area contributed by atoms with Crippen LogP contribution in [-0.2, 0) is 9.59 Å². The van der Waals surface area contributed by atoms with E-state index < -0.39 is 42.6 Å². The minimum Gasteiger partial charge on any atom is -0.394 e. The van der Waals surface area contributed by atoms with Crippen molar-refractivity contribution in [2.75, 3.05) is 6.61 Å². The molecule has 16 heavy (non-hydrogen) atoms. The van der Waals surface area contributed by atoms with Gasteiger partial charge in [0, 0.05) is 0 Å². The molecule has 0 spiro atoms. The highest BCUT2D eigenvalue weighted by molar-refractivity contribution is 6.40. The molecule has 0 fully saturated rings. The summed E-state index contributed by atoms with van der Waals surface area (Å²) in [5.74, 6) is -2.96. The van der Waals surface area contributed by atoms with Crippen LogP contribution >= 0.6 is 0 Å². The van der Waals surface area contributed by atoms with E-state index in [2.05, 4.69) is 6.58 Å². The van der Waals surface area contributed by atoms with Gasteiger partial charge in [-0.3, -0.25) is 9.59 Å². The summed E-state index contributed by atoms with van der Waals surface area (Å²) >= 11 is 0. The Labute approximate surface area is 91.3 Å². The summed E-state index contributed by atoms with van der Waals surface area (Å²) in [5.41, 5.74) is 0. The van der Waals surface area contributed by atoms with Crippen molar-refractivity contribution in [3.8, 4) is 0 Å². The fourth-order valence-electron chi connectivity index (χ4n) is 0.850. The molecule has 0 bridgehead atoms. The first-order valence-corrected chi connectivity index (χ1v) is 4.40. The van der Waals surface area contributed by atoms with Crippen LogP contribution in [0.15, 0.2) is 12.7 Å². The Morgan fingerprint density at radius 1 is 1.06 bits per heavy atom. The fourth-order valence-corrected chi connectivity index (χ4v) is 0.850. The zero-order valence-electron chi connectivity index (χ0n) is 8.35. The Hall–Kier alpha value is -1.12. The Morgan fingerprint density at radius 2 is 1.50 bits per heavy atom. The molecule has 0 saturated heterocycles. The van der Waals surface area contributed by atoms with Crippen molar-refractivity contribution < 1.29 is 35.1 Å². The Morgan fingerprint density at radius 3 is 1.88 bits per heavy atom. The number of ketones is 2. The topological polar surface area (TPSA) is 135 Å². The first kappa shape index (κ1) is 14.9. The summed E-state index contributed by atoms with van der Waals surface area (Å²) in [6.07, 6.45) is -6.81. The second kappa shape index (κ2) is 6.46. The van der Waals surface area contributed by atoms with Gasteiger partial charge in [-0.2, -0.15) is 0 Å². The maximum atomic E-state index is 11.1. The first-order chi connectivity index (χ1) is 7.36. The lowest BCUT2D eigenvalue weighted by Crippen LogP contribution is -2.46. The van der Waals surface area contributed by atoms with E-state index in [4.69, 9.17) is 25.5 Å². The molecular formula is C9H14O7. The summed E-state index contributed by atoms with van der Waals surface area (Å²) in [4.78, 5) is 22.3. The lowest BCUT2D eigenvalue weighted by Gasteiger charge is -2.17. The third-order valence-electron chi connectivity index (χ3n) is 1.90. The van der Waals surface area contributed by atoms with E-state index in [-0.39, 0.29) is 0 Å². The molecule has 0 aliphatic rings. The number of aliphatic hydroxyl groups excluding tert-OH is 5. The van der Waals surface area contributed by atoms with E-state index in [1.807, 2.05) is 0 Å². The van der Waals surface area contributed by atoms with Crippen LogP contribution in [0, 0.1) is 0 Å². The standard InChI is InChI=1S/C9H14O7/c1-2-4(11)6(13)8(15)9(16)7(14)5(12)3-10/h2,4-7,10-14H,1,3H2/t4?,5-,6?,7-/m1/s1. The molecule has 0 radical (unpaired) electrons. The number of carbonyl (C=O) groups is 2. The van der Waals surface area contributed by atoms with E-state index in [1.165, 1.54) is 0 Å². The smallest absolute Gasteiger partial charge is 0.232 e. The number of hydrogen-bond acceptors (Lipinski definition) is 7. The minimum atomic E-state index is -2.14. The van der Waals surface area contributed by atoms with Gasteiger partial charge < -0.3 is 25.5 Å². The van der Waals surface area contributed by atoms with Crippen molar-refractivity contribution >= 4 is 11.6 Å². The van der Waals surface area contributed by atoms with Crippen LogP contribution in [0.3, 0.4) is 0 Å². The van der Waals surface area contributed by atoms with Crippen LogP contribution in [0.4, 0.5) is 0 Å². The highest BCUT2D eigenvalue weighted by Crippen LogP contribution is 2.02. The largest absolute Gasteiger partial charge is 0.394 e. The summed E-state index contributed by atoms with van der Waals surface area (Å²) in [6, 6.07) is 0. The molecular weight excluding hydrogens is 220 g/mol. The van der Waals surface area contributed by atoms with Gasteiger partial charge in [-0.15, -0.1) is 6.58 Å². The lowest BCUT2D eigenvalue weighted by atomic mass is 10.00. The molecule has 0 amide bonds. The molecule has 0 aromatic heterocycles. The van der Waals surface area contributed by atoms with Crippen molar-refractivity contribution in [3.63, 3.8) is 0 Å². The molecule has 0 rings (SSSR count). The molecule has 2 unspecified atom stereocenters. The zero-order valence-corrected chi connectivity index (χ0v) is 8.35. The number of aliphatic hydroxyl groups is 5. The fraction of sp³-hybridized carbons (Fsp3) is 0.556. The molecule has 0 saturated carbocycles. The van der Waals surface area contributed by atoms with Gasteiger partial charge in [-0.05, 0) is 0 Å². The quantitative estimate of drug-likeness (QED) is 0.230. The molecule has 4 atom stereocenters. The predicted molar refractivity (Wildman–Crippen MR) is 51.3 cm³/mol. The number of rotatable bonds is 7. The second-order valence-corrected chi connectivity index (χ2v) is 3.09. The molecule has 0 heterocycles. The third kappa shape index (κ3) is 3.47. The zero-order chi connectivity index (χ0) is 12.9. The predicted octanol–water partition coefficient (Wildman–Crippen LogP) is -3.25. The summed E-state index contributed by atoms with van der Waals surface area (Å²) in [7, 11) is 0. The van der Waals surface area contributed by atoms with E-state index in [0.29, 0.717) is 0 Å². The van der Waals surface area contributed by atoms with Gasteiger partial charge in [0.05, 0.1) is 6.61 Å². The van der Waals surface area contributed by atoms with E-state index in [9.17, 15) is 9.59 Å². The van der Waals surface area contributed by atoms with Crippen molar-refractivity contribution in [1.29, 1.82) is 0 Å². The van der Waals surface area contributed by atoms with Crippen LogP contribution in [-0.4, -0.2) is 68.1 Å². The van der Waals surface area contributed by atoms with Crippen LogP contribution in [0.25, 0.3) is 0 Å². The normalized spacial score (nSPS) is 18.3. The second-order valence-electron chi connectivity index (χ2n) is 3.09. The Kier molecular flexibility index (Phi) is 6.01. The molecule has 0 aliphatic heterocycles. The van der Waals surface area contributed by atoms with E-state index in [1.54, 1.807) is 0 Å². The van der Waals surface area contributed by atoms with Gasteiger partial charge in [-0.1, -0.05) is 6.08 Å². The van der Waals surface area contributed by atoms with E-state index in [0.717, 1.165) is 6.08 Å². The van der Waals surface area contributed by atoms with Gasteiger partial charge in [0.15, 0.2) is 0 Å². The number of carbonyl (C=O) groups excluding carboxylic acids is 2. The van der Waals surface area contributed by atoms with Gasteiger partial charge in [0.1, 0.15) is 24.4 Å². The SMILES string of the molecule is C=CC(O)C(O)C(=O)C(=O)[C@H](O)[C@H](O)CO. The van der Waals surface area contributed by atoms with Gasteiger partial charge in [0.2, 0.25) is 11.6 Å². The lowest BCUT2D eigenvalue weighted by molar-refractivity contribution is -0.152. The van der Waals surface area contributed by atoms with Crippen LogP contribution in [0.1, 0.15) is 0 Å². The summed E-state index contributed by atoms with van der Waals surface area (Å²) in [5, 5.41) is 44.5. The van der Waals surface area contributed by atoms with Crippen molar-refractivity contribution in [1.82, 2.24) is 0 Å². The first-order valence-electron chi connectivity index (χ1n) is 4.40. The van der Waals surface area contributed by atoms with Gasteiger partial charge in [-0.25, -0.2) is 0 Å². The highest BCUT2D eigenvalue weighted by Gasteiger charge is 2.35. The third-order valence-corrected chi connectivity index (χ3v) is 1.90. The highest BCUT2D eigenvalue weighted by atomic mass is 16.4. The Balaban J connectivity index is 4.61. The van der Waals surface area contributed by atoms with Crippen molar-refractivity contribution in [2.45, 2.75) is 24.4 Å². The molecule has 5 N–H and O–H groups in total. The summed E-state index contributed by atoms with van der Waals surface area (Å²) in [6.45, 7) is 2.18. The number of hydrogen-bond donors (Lipinski definition) is 5. The average molecular weight is 234 g/mol. The van der Waals surface area contributed by atoms with Crippen LogP contribution < -0.4 is 0 Å². The van der Waals surface area contributed by atoms with Crippen LogP contribution in [0.5, 0.6) is 0 Å².